The Kier molecular flexibility index (Phi) is 4.23. The second-order valence-electron chi connectivity index (χ2n) is 4.66. The molecule has 1 heterocycles. The predicted molar refractivity (Wildman–Crippen MR) is 82.4 cm³/mol. The molecule has 3 N–H and O–H groups in total. The van der Waals surface area contributed by atoms with Crippen LogP contribution in [0.5, 0.6) is 0 Å². The number of nitrogens with one attached hydrogen (secondary N) is 2. The van der Waals surface area contributed by atoms with Gasteiger partial charge in [0.15, 0.2) is 5.13 Å². The van der Waals surface area contributed by atoms with E-state index in [1.165, 1.54) is 17.4 Å². The molecule has 0 fully saturated rings. The van der Waals surface area contributed by atoms with E-state index in [0.29, 0.717) is 16.4 Å². The Bertz CT molecular complexity index is 709. The van der Waals surface area contributed by atoms with Crippen LogP contribution in [0.2, 0.25) is 0 Å². The van der Waals surface area contributed by atoms with Crippen LogP contribution >= 0.6 is 11.3 Å². The summed E-state index contributed by atoms with van der Waals surface area (Å²) < 4.78 is 0. The van der Waals surface area contributed by atoms with Gasteiger partial charge in [0.2, 0.25) is 0 Å². The number of aryl methyl sites for hydroxylation is 3. The van der Waals surface area contributed by atoms with Crippen molar-refractivity contribution in [3.8, 4) is 0 Å². The van der Waals surface area contributed by atoms with E-state index in [1.54, 1.807) is 13.1 Å². The first-order valence-corrected chi connectivity index (χ1v) is 7.03. The van der Waals surface area contributed by atoms with Gasteiger partial charge in [0.25, 0.3) is 0 Å². The van der Waals surface area contributed by atoms with Crippen molar-refractivity contribution in [1.82, 2.24) is 4.98 Å². The summed E-state index contributed by atoms with van der Waals surface area (Å²) in [6, 6.07) is 2.83. The smallest absolute Gasteiger partial charge is 0.337 e. The number of benzene rings is 1. The molecule has 0 aliphatic carbocycles. The van der Waals surface area contributed by atoms with E-state index in [-0.39, 0.29) is 5.56 Å². The summed E-state index contributed by atoms with van der Waals surface area (Å²) in [6.07, 6.45) is 1.65. The van der Waals surface area contributed by atoms with Crippen molar-refractivity contribution in [3.05, 3.63) is 39.9 Å². The van der Waals surface area contributed by atoms with Crippen LogP contribution in [0.4, 0.5) is 15.6 Å². The second-order valence-corrected chi connectivity index (χ2v) is 5.90. The number of thiazole rings is 1. The third-order valence-corrected chi connectivity index (χ3v) is 3.62. The SMILES string of the molecule is Cc1cc(C)c(NC(=O)Nc2ncc(C)s2)c(C(=O)O)c1. The van der Waals surface area contributed by atoms with Crippen LogP contribution in [0, 0.1) is 20.8 Å². The molecule has 0 radical (unpaired) electrons. The van der Waals surface area contributed by atoms with Crippen molar-refractivity contribution in [2.45, 2.75) is 20.8 Å². The number of carboxylic acids is 1. The van der Waals surface area contributed by atoms with Crippen molar-refractivity contribution >= 4 is 34.2 Å². The zero-order valence-electron chi connectivity index (χ0n) is 11.9. The number of hydrogen-bond acceptors (Lipinski definition) is 4. The highest BCUT2D eigenvalue weighted by Gasteiger charge is 2.16. The molecule has 0 atom stereocenters. The highest BCUT2D eigenvalue weighted by atomic mass is 32.1. The number of carbonyl (C=O) groups is 2. The first kappa shape index (κ1) is 15.0. The zero-order chi connectivity index (χ0) is 15.6. The molecule has 0 unspecified atom stereocenters. The molecule has 2 aromatic rings. The number of nitrogens with zero attached hydrogens (tertiary/aromatic N) is 1. The highest BCUT2D eigenvalue weighted by molar-refractivity contribution is 7.15. The van der Waals surface area contributed by atoms with E-state index >= 15 is 0 Å². The van der Waals surface area contributed by atoms with Gasteiger partial charge in [-0.05, 0) is 38.0 Å². The molecule has 6 nitrogen and oxygen atoms in total. The van der Waals surface area contributed by atoms with Crippen LogP contribution in [0.25, 0.3) is 0 Å². The lowest BCUT2D eigenvalue weighted by Crippen LogP contribution is -2.21. The van der Waals surface area contributed by atoms with Crippen molar-refractivity contribution in [2.75, 3.05) is 10.6 Å². The Hall–Kier alpha value is -2.41. The summed E-state index contributed by atoms with van der Waals surface area (Å²) in [5.74, 6) is -1.08. The minimum Gasteiger partial charge on any atom is -0.478 e. The number of hydrogen-bond donors (Lipinski definition) is 3. The summed E-state index contributed by atoms with van der Waals surface area (Å²) in [5, 5.41) is 14.9. The minimum absolute atomic E-state index is 0.0676. The molecule has 2 rings (SSSR count). The Balaban J connectivity index is 2.22. The summed E-state index contributed by atoms with van der Waals surface area (Å²) >= 11 is 1.34. The standard InChI is InChI=1S/C14H15N3O3S/c1-7-4-8(2)11(10(5-7)12(18)19)16-13(20)17-14-15-6-9(3)21-14/h4-6H,1-3H3,(H,18,19)(H2,15,16,17,20). The summed E-state index contributed by atoms with van der Waals surface area (Å²) in [5.41, 5.74) is 1.88. The number of urea groups is 1. The quantitative estimate of drug-likeness (QED) is 0.810. The van der Waals surface area contributed by atoms with Gasteiger partial charge in [0, 0.05) is 11.1 Å². The van der Waals surface area contributed by atoms with Gasteiger partial charge in [-0.2, -0.15) is 0 Å². The van der Waals surface area contributed by atoms with E-state index in [2.05, 4.69) is 15.6 Å². The fourth-order valence-electron chi connectivity index (χ4n) is 1.96. The molecule has 0 bridgehead atoms. The molecular weight excluding hydrogens is 290 g/mol. The molecule has 0 spiro atoms. The maximum absolute atomic E-state index is 12.0. The van der Waals surface area contributed by atoms with E-state index < -0.39 is 12.0 Å². The van der Waals surface area contributed by atoms with Gasteiger partial charge in [-0.25, -0.2) is 14.6 Å². The van der Waals surface area contributed by atoms with E-state index in [4.69, 9.17) is 0 Å². The number of anilines is 2. The molecular formula is C14H15N3O3S. The van der Waals surface area contributed by atoms with Crippen molar-refractivity contribution in [1.29, 1.82) is 0 Å². The number of amides is 2. The lowest BCUT2D eigenvalue weighted by atomic mass is 10.0. The first-order valence-electron chi connectivity index (χ1n) is 6.22. The van der Waals surface area contributed by atoms with Crippen LogP contribution in [-0.4, -0.2) is 22.1 Å². The molecule has 0 saturated heterocycles. The van der Waals surface area contributed by atoms with Gasteiger partial charge in [-0.3, -0.25) is 5.32 Å². The molecule has 7 heteroatoms. The Morgan fingerprint density at radius 1 is 1.19 bits per heavy atom. The number of carboxylic acid groups (broad SMARTS) is 1. The largest absolute Gasteiger partial charge is 0.478 e. The van der Waals surface area contributed by atoms with Crippen LogP contribution in [-0.2, 0) is 0 Å². The molecule has 0 aliphatic rings. The topological polar surface area (TPSA) is 91.3 Å². The third kappa shape index (κ3) is 3.57. The normalized spacial score (nSPS) is 10.2. The van der Waals surface area contributed by atoms with Crippen LogP contribution in [0.15, 0.2) is 18.3 Å². The molecule has 110 valence electrons. The number of rotatable bonds is 3. The zero-order valence-corrected chi connectivity index (χ0v) is 12.7. The lowest BCUT2D eigenvalue weighted by Gasteiger charge is -2.12. The summed E-state index contributed by atoms with van der Waals surface area (Å²) in [7, 11) is 0. The lowest BCUT2D eigenvalue weighted by molar-refractivity contribution is 0.0698. The highest BCUT2D eigenvalue weighted by Crippen LogP contribution is 2.23. The Morgan fingerprint density at radius 3 is 2.48 bits per heavy atom. The molecule has 0 aliphatic heterocycles. The average molecular weight is 305 g/mol. The summed E-state index contributed by atoms with van der Waals surface area (Å²) in [6.45, 7) is 5.44. The van der Waals surface area contributed by atoms with Crippen LogP contribution in [0.3, 0.4) is 0 Å². The van der Waals surface area contributed by atoms with Crippen molar-refractivity contribution < 1.29 is 14.7 Å². The van der Waals surface area contributed by atoms with Crippen molar-refractivity contribution in [2.24, 2.45) is 0 Å². The molecule has 0 saturated carbocycles. The third-order valence-electron chi connectivity index (χ3n) is 2.79. The number of aromatic nitrogens is 1. The maximum Gasteiger partial charge on any atom is 0.337 e. The molecule has 1 aromatic carbocycles. The van der Waals surface area contributed by atoms with E-state index in [9.17, 15) is 14.7 Å². The van der Waals surface area contributed by atoms with Crippen LogP contribution in [0.1, 0.15) is 26.4 Å². The Morgan fingerprint density at radius 2 is 1.90 bits per heavy atom. The van der Waals surface area contributed by atoms with E-state index in [1.807, 2.05) is 19.9 Å². The first-order chi connectivity index (χ1) is 9.86. The van der Waals surface area contributed by atoms with Gasteiger partial charge in [-0.15, -0.1) is 11.3 Å². The monoisotopic (exact) mass is 305 g/mol. The van der Waals surface area contributed by atoms with E-state index in [0.717, 1.165) is 10.4 Å². The van der Waals surface area contributed by atoms with Gasteiger partial charge in [0.1, 0.15) is 0 Å². The predicted octanol–water partition coefficient (Wildman–Crippen LogP) is 3.41. The fraction of sp³-hybridized carbons (Fsp3) is 0.214. The average Bonchev–Trinajstić information content (AvgIpc) is 2.77. The number of carbonyl (C=O) groups excluding carboxylic acids is 1. The minimum atomic E-state index is -1.08. The van der Waals surface area contributed by atoms with Gasteiger partial charge >= 0.3 is 12.0 Å². The molecule has 1 aromatic heterocycles. The summed E-state index contributed by atoms with van der Waals surface area (Å²) in [4.78, 5) is 28.2. The molecule has 2 amide bonds. The van der Waals surface area contributed by atoms with Crippen molar-refractivity contribution in [3.63, 3.8) is 0 Å². The number of aromatic carboxylic acids is 1. The second kappa shape index (κ2) is 5.92. The maximum atomic E-state index is 12.0. The van der Waals surface area contributed by atoms with Gasteiger partial charge < -0.3 is 10.4 Å². The molecule has 21 heavy (non-hydrogen) atoms. The van der Waals surface area contributed by atoms with Gasteiger partial charge in [0.05, 0.1) is 11.3 Å². The fourth-order valence-corrected chi connectivity index (χ4v) is 2.62. The Labute approximate surface area is 125 Å². The van der Waals surface area contributed by atoms with Crippen LogP contribution < -0.4 is 10.6 Å². The van der Waals surface area contributed by atoms with Gasteiger partial charge in [-0.1, -0.05) is 6.07 Å².